The first-order valence-corrected chi connectivity index (χ1v) is 11.5. The van der Waals surface area contributed by atoms with E-state index in [4.69, 9.17) is 9.16 Å². The fourth-order valence-electron chi connectivity index (χ4n) is 2.34. The lowest BCUT2D eigenvalue weighted by Gasteiger charge is -2.36. The van der Waals surface area contributed by atoms with Gasteiger partial charge in [0.05, 0.1) is 6.10 Å². The number of hydrogen-bond donors (Lipinski definition) is 1. The van der Waals surface area contributed by atoms with Crippen LogP contribution in [0.15, 0.2) is 0 Å². The van der Waals surface area contributed by atoms with E-state index in [0.717, 1.165) is 19.4 Å². The van der Waals surface area contributed by atoms with Crippen LogP contribution in [0.4, 0.5) is 0 Å². The predicted octanol–water partition coefficient (Wildman–Crippen LogP) is 3.88. The minimum absolute atomic E-state index is 0.181. The lowest BCUT2D eigenvalue weighted by Crippen LogP contribution is -2.41. The normalized spacial score (nSPS) is 22.5. The smallest absolute Gasteiger partial charge is 0.306 e. The first kappa shape index (κ1) is 19.7. The van der Waals surface area contributed by atoms with E-state index in [2.05, 4.69) is 40.8 Å². The highest BCUT2D eigenvalue weighted by molar-refractivity contribution is 6.74. The third-order valence-corrected chi connectivity index (χ3v) is 9.72. The Morgan fingerprint density at radius 3 is 2.45 bits per heavy atom. The molecule has 1 heterocycles. The van der Waals surface area contributed by atoms with E-state index < -0.39 is 14.4 Å². The van der Waals surface area contributed by atoms with E-state index in [1.165, 1.54) is 0 Å². The van der Waals surface area contributed by atoms with Gasteiger partial charge in [0.2, 0.25) is 0 Å². The van der Waals surface area contributed by atoms with Gasteiger partial charge in [-0.1, -0.05) is 27.7 Å². The predicted molar refractivity (Wildman–Crippen MR) is 91.3 cm³/mol. The fraction of sp³-hybridized carbons (Fsp3) is 0.941. The Kier molecular flexibility index (Phi) is 7.08. The number of hydrogen-bond acceptors (Lipinski definition) is 4. The highest BCUT2D eigenvalue weighted by atomic mass is 28.4. The largest absolute Gasteiger partial charge is 0.460 e. The van der Waals surface area contributed by atoms with Crippen molar-refractivity contribution >= 4 is 14.3 Å². The molecule has 0 aromatic heterocycles. The van der Waals surface area contributed by atoms with Gasteiger partial charge in [0.25, 0.3) is 0 Å². The maximum Gasteiger partial charge on any atom is 0.306 e. The molecular weight excluding hydrogens is 296 g/mol. The molecule has 0 aromatic carbocycles. The molecule has 0 aliphatic carbocycles. The molecule has 0 unspecified atom stereocenters. The van der Waals surface area contributed by atoms with E-state index >= 15 is 0 Å². The minimum atomic E-state index is -1.65. The van der Waals surface area contributed by atoms with Crippen molar-refractivity contribution in [1.82, 2.24) is 0 Å². The van der Waals surface area contributed by atoms with E-state index in [1.54, 1.807) is 0 Å². The number of carbonyl (C=O) groups is 1. The molecule has 0 amide bonds. The first-order chi connectivity index (χ1) is 10.0. The number of carbonyl (C=O) groups excluding carboxylic acids is 1. The minimum Gasteiger partial charge on any atom is -0.460 e. The van der Waals surface area contributed by atoms with Crippen LogP contribution in [0.1, 0.15) is 59.8 Å². The topological polar surface area (TPSA) is 55.8 Å². The Labute approximate surface area is 136 Å². The maximum absolute atomic E-state index is 11.1. The van der Waals surface area contributed by atoms with Crippen molar-refractivity contribution in [2.75, 3.05) is 6.61 Å². The summed E-state index contributed by atoms with van der Waals surface area (Å²) in [6.45, 7) is 14.3. The molecule has 1 rings (SSSR count). The molecule has 22 heavy (non-hydrogen) atoms. The van der Waals surface area contributed by atoms with Crippen LogP contribution >= 0.6 is 0 Å². The summed E-state index contributed by atoms with van der Waals surface area (Å²) in [7, 11) is -1.65. The lowest BCUT2D eigenvalue weighted by molar-refractivity contribution is -0.145. The molecule has 0 radical (unpaired) electrons. The molecule has 3 atom stereocenters. The molecule has 1 aliphatic rings. The molecule has 5 heteroatoms. The zero-order chi connectivity index (χ0) is 17.0. The summed E-state index contributed by atoms with van der Waals surface area (Å²) in [5.41, 5.74) is 0. The molecule has 0 spiro atoms. The third kappa shape index (κ3) is 6.01. The number of rotatable bonds is 8. The number of ether oxygens (including phenoxy) is 1. The van der Waals surface area contributed by atoms with E-state index in [1.807, 2.05) is 0 Å². The van der Waals surface area contributed by atoms with Crippen LogP contribution in [-0.4, -0.2) is 38.2 Å². The van der Waals surface area contributed by atoms with Crippen molar-refractivity contribution < 1.29 is 19.1 Å². The van der Waals surface area contributed by atoms with Gasteiger partial charge in [-0.2, -0.15) is 0 Å². The Morgan fingerprint density at radius 2 is 1.95 bits per heavy atom. The van der Waals surface area contributed by atoms with Crippen LogP contribution in [0.25, 0.3) is 0 Å². The standard InChI is InChI=1S/C17H34O4Si/c1-13(11-12-20-22(5,6)17(2,3)4)7-8-14(18)15-9-10-16(19)21-15/h13-15,18H,7-12H2,1-6H3/t13-,14-,15-/m0/s1. The third-order valence-electron chi connectivity index (χ3n) is 5.18. The Hall–Kier alpha value is -0.393. The van der Waals surface area contributed by atoms with Crippen molar-refractivity contribution in [1.29, 1.82) is 0 Å². The van der Waals surface area contributed by atoms with Crippen molar-refractivity contribution in [3.8, 4) is 0 Å². The molecular formula is C17H34O4Si. The second kappa shape index (κ2) is 7.93. The number of cyclic esters (lactones) is 1. The summed E-state index contributed by atoms with van der Waals surface area (Å²) in [5, 5.41) is 10.3. The summed E-state index contributed by atoms with van der Waals surface area (Å²) in [5.74, 6) is 0.330. The summed E-state index contributed by atoms with van der Waals surface area (Å²) < 4.78 is 11.3. The Balaban J connectivity index is 2.21. The zero-order valence-corrected chi connectivity index (χ0v) is 16.1. The van der Waals surface area contributed by atoms with Gasteiger partial charge in [0.15, 0.2) is 8.32 Å². The van der Waals surface area contributed by atoms with Crippen LogP contribution < -0.4 is 0 Å². The maximum atomic E-state index is 11.1. The molecule has 0 saturated carbocycles. The highest BCUT2D eigenvalue weighted by Crippen LogP contribution is 2.36. The molecule has 1 N–H and O–H groups in total. The summed E-state index contributed by atoms with van der Waals surface area (Å²) >= 11 is 0. The van der Waals surface area contributed by atoms with Gasteiger partial charge in [-0.25, -0.2) is 0 Å². The van der Waals surface area contributed by atoms with Crippen molar-refractivity contribution in [3.63, 3.8) is 0 Å². The van der Waals surface area contributed by atoms with Gasteiger partial charge in [-0.15, -0.1) is 0 Å². The van der Waals surface area contributed by atoms with Crippen molar-refractivity contribution in [3.05, 3.63) is 0 Å². The Morgan fingerprint density at radius 1 is 1.32 bits per heavy atom. The molecule has 130 valence electrons. The van der Waals surface area contributed by atoms with Crippen molar-refractivity contribution in [2.45, 2.75) is 90.1 Å². The van der Waals surface area contributed by atoms with Crippen LogP contribution in [0.3, 0.4) is 0 Å². The summed E-state index contributed by atoms with van der Waals surface area (Å²) in [6, 6.07) is 0. The Bertz CT molecular complexity index is 362. The lowest BCUT2D eigenvalue weighted by atomic mass is 9.97. The van der Waals surface area contributed by atoms with Crippen LogP contribution in [0.2, 0.25) is 18.1 Å². The molecule has 1 saturated heterocycles. The van der Waals surface area contributed by atoms with Gasteiger partial charge in [-0.3, -0.25) is 4.79 Å². The van der Waals surface area contributed by atoms with E-state index in [-0.39, 0.29) is 17.1 Å². The second-order valence-corrected chi connectivity index (χ2v) is 13.0. The average Bonchev–Trinajstić information content (AvgIpc) is 2.81. The molecule has 1 fully saturated rings. The highest BCUT2D eigenvalue weighted by Gasteiger charge is 2.37. The summed E-state index contributed by atoms with van der Waals surface area (Å²) in [6.07, 6.45) is 2.94. The number of aliphatic hydroxyl groups excluding tert-OH is 1. The monoisotopic (exact) mass is 330 g/mol. The second-order valence-electron chi connectivity index (χ2n) is 8.21. The quantitative estimate of drug-likeness (QED) is 0.542. The van der Waals surface area contributed by atoms with Crippen LogP contribution in [0, 0.1) is 5.92 Å². The van der Waals surface area contributed by atoms with Crippen LogP contribution in [0.5, 0.6) is 0 Å². The molecule has 0 aromatic rings. The zero-order valence-electron chi connectivity index (χ0n) is 15.1. The SMILES string of the molecule is C[C@H](CCO[Si](C)(C)C(C)(C)C)CC[C@H](O)[C@@H]1CCC(=O)O1. The molecule has 1 aliphatic heterocycles. The van der Waals surface area contributed by atoms with Gasteiger partial charge in [-0.05, 0) is 49.7 Å². The number of aliphatic hydroxyl groups is 1. The van der Waals surface area contributed by atoms with E-state index in [9.17, 15) is 9.90 Å². The van der Waals surface area contributed by atoms with E-state index in [0.29, 0.717) is 25.2 Å². The number of esters is 1. The molecule has 0 bridgehead atoms. The van der Waals surface area contributed by atoms with Gasteiger partial charge in [0, 0.05) is 13.0 Å². The van der Waals surface area contributed by atoms with Gasteiger partial charge >= 0.3 is 5.97 Å². The first-order valence-electron chi connectivity index (χ1n) is 8.54. The average molecular weight is 331 g/mol. The molecule has 4 nitrogen and oxygen atoms in total. The van der Waals surface area contributed by atoms with Gasteiger partial charge < -0.3 is 14.3 Å². The fourth-order valence-corrected chi connectivity index (χ4v) is 3.40. The van der Waals surface area contributed by atoms with Gasteiger partial charge in [0.1, 0.15) is 6.10 Å². The van der Waals surface area contributed by atoms with Crippen molar-refractivity contribution in [2.24, 2.45) is 5.92 Å². The summed E-state index contributed by atoms with van der Waals surface area (Å²) in [4.78, 5) is 11.1. The van der Waals surface area contributed by atoms with Crippen LogP contribution in [-0.2, 0) is 14.0 Å².